The molecule has 0 radical (unpaired) electrons. The summed E-state index contributed by atoms with van der Waals surface area (Å²) >= 11 is 5.11. The molecule has 0 saturated heterocycles. The molecule has 2 aromatic carbocycles. The molecule has 35 heavy (non-hydrogen) atoms. The van der Waals surface area contributed by atoms with Crippen LogP contribution in [0.4, 0.5) is 4.39 Å². The number of nitrogens with zero attached hydrogens (tertiary/aromatic N) is 2. The van der Waals surface area contributed by atoms with Crippen LogP contribution in [0.15, 0.2) is 64.5 Å². The van der Waals surface area contributed by atoms with E-state index in [0.717, 1.165) is 22.9 Å². The molecule has 5 nitrogen and oxygen atoms in total. The second-order valence-electron chi connectivity index (χ2n) is 8.62. The highest BCUT2D eigenvalue weighted by atomic mass is 79.9. The van der Waals surface area contributed by atoms with E-state index in [-0.39, 0.29) is 42.9 Å². The van der Waals surface area contributed by atoms with Crippen LogP contribution in [-0.2, 0) is 11.2 Å². The molecule has 1 aliphatic rings. The standard InChI is InChI=1S/C27H28BrFN2O3S/c1-3-18(2)31(27(33)19-5-4-6-20(28)15-19)16-26(32)30-13-11-25-23(12-14-35-25)24(30)17-34-22-9-7-21(29)8-10-22/h4-10,12,14-15,18,24H,3,11,13,16-17H2,1-2H3/t18-,24-/m1/s1. The fourth-order valence-electron chi connectivity index (χ4n) is 4.25. The number of carbonyl (C=O) groups is 2. The first-order chi connectivity index (χ1) is 16.9. The molecule has 0 spiro atoms. The highest BCUT2D eigenvalue weighted by Crippen LogP contribution is 2.34. The number of ether oxygens (including phenoxy) is 1. The zero-order valence-electron chi connectivity index (χ0n) is 19.7. The second-order valence-corrected chi connectivity index (χ2v) is 10.5. The fourth-order valence-corrected chi connectivity index (χ4v) is 5.58. The van der Waals surface area contributed by atoms with Crippen LogP contribution in [0.1, 0.15) is 47.1 Å². The van der Waals surface area contributed by atoms with Crippen molar-refractivity contribution in [2.45, 2.75) is 38.8 Å². The van der Waals surface area contributed by atoms with Crippen LogP contribution in [0.3, 0.4) is 0 Å². The van der Waals surface area contributed by atoms with Crippen LogP contribution in [0.5, 0.6) is 5.75 Å². The van der Waals surface area contributed by atoms with Gasteiger partial charge in [0.25, 0.3) is 5.91 Å². The van der Waals surface area contributed by atoms with Crippen LogP contribution in [0.2, 0.25) is 0 Å². The Labute approximate surface area is 217 Å². The molecular weight excluding hydrogens is 531 g/mol. The molecule has 2 atom stereocenters. The van der Waals surface area contributed by atoms with E-state index in [1.165, 1.54) is 17.0 Å². The van der Waals surface area contributed by atoms with E-state index in [1.54, 1.807) is 40.5 Å². The maximum absolute atomic E-state index is 13.7. The number of halogens is 2. The number of thiophene rings is 1. The van der Waals surface area contributed by atoms with Crippen LogP contribution >= 0.6 is 27.3 Å². The molecule has 4 rings (SSSR count). The van der Waals surface area contributed by atoms with Crippen molar-refractivity contribution in [3.05, 3.63) is 86.3 Å². The summed E-state index contributed by atoms with van der Waals surface area (Å²) in [5.74, 6) is -0.0565. The lowest BCUT2D eigenvalue weighted by molar-refractivity contribution is -0.136. The first-order valence-electron chi connectivity index (χ1n) is 11.7. The van der Waals surface area contributed by atoms with Crippen molar-refractivity contribution in [1.82, 2.24) is 9.80 Å². The normalized spacial score (nSPS) is 15.9. The summed E-state index contributed by atoms with van der Waals surface area (Å²) < 4.78 is 20.1. The molecule has 8 heteroatoms. The fraction of sp³-hybridized carbons (Fsp3) is 0.333. The Hall–Kier alpha value is -2.71. The highest BCUT2D eigenvalue weighted by Gasteiger charge is 2.34. The zero-order valence-corrected chi connectivity index (χ0v) is 22.1. The minimum Gasteiger partial charge on any atom is -0.491 e. The summed E-state index contributed by atoms with van der Waals surface area (Å²) in [7, 11) is 0. The molecule has 2 amide bonds. The SMILES string of the molecule is CC[C@@H](C)N(CC(=O)N1CCc2sccc2[C@H]1COc1ccc(F)cc1)C(=O)c1cccc(Br)c1. The Morgan fingerprint density at radius 2 is 2.00 bits per heavy atom. The third kappa shape index (κ3) is 5.93. The monoisotopic (exact) mass is 558 g/mol. The summed E-state index contributed by atoms with van der Waals surface area (Å²) in [5, 5.41) is 2.03. The van der Waals surface area contributed by atoms with Crippen LogP contribution in [0, 0.1) is 5.82 Å². The van der Waals surface area contributed by atoms with Gasteiger partial charge in [-0.1, -0.05) is 28.9 Å². The predicted molar refractivity (Wildman–Crippen MR) is 139 cm³/mol. The Bertz CT molecular complexity index is 1180. The average molecular weight is 560 g/mol. The molecular formula is C27H28BrFN2O3S. The third-order valence-corrected chi connectivity index (χ3v) is 7.89. The molecule has 0 fully saturated rings. The van der Waals surface area contributed by atoms with Gasteiger partial charge in [0.15, 0.2) is 0 Å². The van der Waals surface area contributed by atoms with E-state index in [2.05, 4.69) is 15.9 Å². The van der Waals surface area contributed by atoms with Crippen molar-refractivity contribution in [2.75, 3.05) is 19.7 Å². The largest absolute Gasteiger partial charge is 0.491 e. The maximum Gasteiger partial charge on any atom is 0.254 e. The summed E-state index contributed by atoms with van der Waals surface area (Å²) in [6.45, 7) is 4.78. The highest BCUT2D eigenvalue weighted by molar-refractivity contribution is 9.10. The molecule has 0 unspecified atom stereocenters. The molecule has 0 saturated carbocycles. The number of hydrogen-bond acceptors (Lipinski definition) is 4. The van der Waals surface area contributed by atoms with E-state index in [1.807, 2.05) is 42.3 Å². The van der Waals surface area contributed by atoms with E-state index in [4.69, 9.17) is 4.74 Å². The molecule has 0 bridgehead atoms. The minimum absolute atomic E-state index is 0.00707. The van der Waals surface area contributed by atoms with Crippen molar-refractivity contribution in [3.63, 3.8) is 0 Å². The quantitative estimate of drug-likeness (QED) is 0.336. The van der Waals surface area contributed by atoms with Crippen molar-refractivity contribution in [1.29, 1.82) is 0 Å². The minimum atomic E-state index is -0.327. The van der Waals surface area contributed by atoms with Gasteiger partial charge < -0.3 is 14.5 Å². The predicted octanol–water partition coefficient (Wildman–Crippen LogP) is 6.10. The Balaban J connectivity index is 1.54. The topological polar surface area (TPSA) is 49.9 Å². The van der Waals surface area contributed by atoms with Gasteiger partial charge in [0.05, 0.1) is 6.04 Å². The van der Waals surface area contributed by atoms with Gasteiger partial charge in [-0.05, 0) is 79.2 Å². The van der Waals surface area contributed by atoms with E-state index in [9.17, 15) is 14.0 Å². The third-order valence-electron chi connectivity index (χ3n) is 6.40. The Morgan fingerprint density at radius 3 is 2.71 bits per heavy atom. The molecule has 2 heterocycles. The molecule has 1 aromatic heterocycles. The molecule has 1 aliphatic heterocycles. The number of fused-ring (bicyclic) bond motifs is 1. The maximum atomic E-state index is 13.7. The van der Waals surface area contributed by atoms with Crippen molar-refractivity contribution in [3.8, 4) is 5.75 Å². The van der Waals surface area contributed by atoms with Crippen molar-refractivity contribution < 1.29 is 18.7 Å². The summed E-state index contributed by atoms with van der Waals surface area (Å²) in [6.07, 6.45) is 1.51. The molecule has 184 valence electrons. The van der Waals surface area contributed by atoms with Gasteiger partial charge >= 0.3 is 0 Å². The van der Waals surface area contributed by atoms with Gasteiger partial charge in [-0.15, -0.1) is 11.3 Å². The number of rotatable bonds is 8. The lowest BCUT2D eigenvalue weighted by Crippen LogP contribution is -2.49. The zero-order chi connectivity index (χ0) is 24.9. The smallest absolute Gasteiger partial charge is 0.254 e. The van der Waals surface area contributed by atoms with Gasteiger partial charge in [0.1, 0.15) is 24.7 Å². The number of carbonyl (C=O) groups excluding carboxylic acids is 2. The van der Waals surface area contributed by atoms with Crippen LogP contribution in [0.25, 0.3) is 0 Å². The van der Waals surface area contributed by atoms with Gasteiger partial charge in [0.2, 0.25) is 5.91 Å². The van der Waals surface area contributed by atoms with Crippen molar-refractivity contribution in [2.24, 2.45) is 0 Å². The Kier molecular flexibility index (Phi) is 8.23. The van der Waals surface area contributed by atoms with E-state index >= 15 is 0 Å². The lowest BCUT2D eigenvalue weighted by Gasteiger charge is -2.38. The average Bonchev–Trinajstić information content (AvgIpc) is 3.35. The first-order valence-corrected chi connectivity index (χ1v) is 13.3. The van der Waals surface area contributed by atoms with Crippen LogP contribution in [-0.4, -0.2) is 47.4 Å². The van der Waals surface area contributed by atoms with Gasteiger partial charge in [0, 0.05) is 27.5 Å². The van der Waals surface area contributed by atoms with Crippen molar-refractivity contribution >= 4 is 39.1 Å². The van der Waals surface area contributed by atoms with E-state index < -0.39 is 0 Å². The number of amides is 2. The Morgan fingerprint density at radius 1 is 1.23 bits per heavy atom. The molecule has 3 aromatic rings. The lowest BCUT2D eigenvalue weighted by atomic mass is 10.00. The van der Waals surface area contributed by atoms with Crippen LogP contribution < -0.4 is 4.74 Å². The molecule has 0 N–H and O–H groups in total. The molecule has 0 aliphatic carbocycles. The second kappa shape index (κ2) is 11.4. The summed E-state index contributed by atoms with van der Waals surface area (Å²) in [6, 6.07) is 14.8. The van der Waals surface area contributed by atoms with Gasteiger partial charge in [-0.2, -0.15) is 0 Å². The number of benzene rings is 2. The number of hydrogen-bond donors (Lipinski definition) is 0. The summed E-state index contributed by atoms with van der Waals surface area (Å²) in [5.41, 5.74) is 1.62. The first kappa shape index (κ1) is 25.4. The summed E-state index contributed by atoms with van der Waals surface area (Å²) in [4.78, 5) is 31.7. The van der Waals surface area contributed by atoms with Gasteiger partial charge in [-0.25, -0.2) is 4.39 Å². The van der Waals surface area contributed by atoms with Gasteiger partial charge in [-0.3, -0.25) is 9.59 Å². The van der Waals surface area contributed by atoms with E-state index in [0.29, 0.717) is 17.9 Å².